The van der Waals surface area contributed by atoms with Gasteiger partial charge in [-0.3, -0.25) is 24.6 Å². The second-order valence-corrected chi connectivity index (χ2v) is 9.65. The summed E-state index contributed by atoms with van der Waals surface area (Å²) in [5.74, 6) is -1.39. The normalized spacial score (nSPS) is 21.6. The molecule has 0 saturated carbocycles. The van der Waals surface area contributed by atoms with E-state index < -0.39 is 17.8 Å². The number of aromatic nitrogens is 2. The van der Waals surface area contributed by atoms with E-state index in [2.05, 4.69) is 19.6 Å². The van der Waals surface area contributed by atoms with Crippen molar-refractivity contribution in [2.24, 2.45) is 0 Å². The van der Waals surface area contributed by atoms with Gasteiger partial charge in [-0.2, -0.15) is 0 Å². The van der Waals surface area contributed by atoms with Crippen molar-refractivity contribution < 1.29 is 18.8 Å². The predicted molar refractivity (Wildman–Crippen MR) is 125 cm³/mol. The molecule has 2 saturated heterocycles. The van der Waals surface area contributed by atoms with E-state index >= 15 is 0 Å². The minimum Gasteiger partial charge on any atom is -0.322 e. The maximum atomic E-state index is 14.6. The molecule has 180 valence electrons. The van der Waals surface area contributed by atoms with Crippen LogP contribution in [0.15, 0.2) is 42.7 Å². The second-order valence-electron chi connectivity index (χ2n) is 9.65. The summed E-state index contributed by atoms with van der Waals surface area (Å²) in [6.45, 7) is 2.79. The van der Waals surface area contributed by atoms with E-state index in [0.717, 1.165) is 54.9 Å². The van der Waals surface area contributed by atoms with Crippen LogP contribution in [0.3, 0.4) is 0 Å². The van der Waals surface area contributed by atoms with Gasteiger partial charge >= 0.3 is 0 Å². The Hall–Kier alpha value is -3.59. The minimum absolute atomic E-state index is 0.146. The molecule has 0 aliphatic carbocycles. The van der Waals surface area contributed by atoms with Gasteiger partial charge in [-0.05, 0) is 73.7 Å². The first kappa shape index (κ1) is 21.9. The van der Waals surface area contributed by atoms with Crippen LogP contribution in [0.2, 0.25) is 0 Å². The average molecular weight is 476 g/mol. The number of pyridine rings is 1. The van der Waals surface area contributed by atoms with Gasteiger partial charge in [0, 0.05) is 31.3 Å². The second kappa shape index (κ2) is 8.57. The number of hydrogen-bond donors (Lipinski definition) is 1. The van der Waals surface area contributed by atoms with Crippen molar-refractivity contribution >= 4 is 23.4 Å². The van der Waals surface area contributed by atoms with Crippen molar-refractivity contribution in [3.8, 4) is 0 Å². The van der Waals surface area contributed by atoms with Crippen LogP contribution in [0.5, 0.6) is 0 Å². The Morgan fingerprint density at radius 3 is 2.71 bits per heavy atom. The number of likely N-dealkylation sites (tertiary alicyclic amines) is 1. The van der Waals surface area contributed by atoms with Crippen LogP contribution in [0.4, 0.5) is 4.39 Å². The average Bonchev–Trinajstić information content (AvgIpc) is 3.40. The highest BCUT2D eigenvalue weighted by Crippen LogP contribution is 2.38. The predicted octanol–water partition coefficient (Wildman–Crippen LogP) is 2.61. The van der Waals surface area contributed by atoms with Crippen molar-refractivity contribution in [3.05, 3.63) is 70.9 Å². The molecule has 0 bridgehead atoms. The van der Waals surface area contributed by atoms with Crippen LogP contribution in [0, 0.1) is 5.82 Å². The Bertz CT molecular complexity index is 1340. The summed E-state index contributed by atoms with van der Waals surface area (Å²) in [5.41, 5.74) is 4.10. The number of nitrogens with zero attached hydrogens (tertiary/aromatic N) is 4. The molecule has 9 heteroatoms. The monoisotopic (exact) mass is 475 g/mol. The maximum Gasteiger partial charge on any atom is 0.255 e. The minimum atomic E-state index is -0.698. The summed E-state index contributed by atoms with van der Waals surface area (Å²) in [4.78, 5) is 45.4. The molecular formula is C26H26FN5O3. The summed E-state index contributed by atoms with van der Waals surface area (Å²) in [7, 11) is 0. The van der Waals surface area contributed by atoms with Gasteiger partial charge in [0.25, 0.3) is 5.91 Å². The van der Waals surface area contributed by atoms with Crippen molar-refractivity contribution in [2.75, 3.05) is 13.1 Å². The van der Waals surface area contributed by atoms with Crippen molar-refractivity contribution in [2.45, 2.75) is 50.7 Å². The third kappa shape index (κ3) is 3.89. The molecule has 0 radical (unpaired) electrons. The fraction of sp³-hybridized carbons (Fsp3) is 0.385. The lowest BCUT2D eigenvalue weighted by molar-refractivity contribution is -0.136. The van der Waals surface area contributed by atoms with Gasteiger partial charge < -0.3 is 9.30 Å². The fourth-order valence-corrected chi connectivity index (χ4v) is 5.75. The van der Waals surface area contributed by atoms with E-state index in [9.17, 15) is 18.8 Å². The number of benzene rings is 1. The van der Waals surface area contributed by atoms with Crippen molar-refractivity contribution in [3.63, 3.8) is 0 Å². The summed E-state index contributed by atoms with van der Waals surface area (Å²) in [5, 5.41) is 2.32. The molecule has 8 nitrogen and oxygen atoms in total. The number of nitrogens with one attached hydrogen (secondary N) is 1. The van der Waals surface area contributed by atoms with Gasteiger partial charge in [0.1, 0.15) is 17.5 Å². The van der Waals surface area contributed by atoms with Gasteiger partial charge in [0.05, 0.1) is 11.9 Å². The Morgan fingerprint density at radius 1 is 1.09 bits per heavy atom. The Kier molecular flexibility index (Phi) is 5.36. The molecule has 3 aliphatic heterocycles. The van der Waals surface area contributed by atoms with Gasteiger partial charge in [0.2, 0.25) is 11.8 Å². The Morgan fingerprint density at radius 2 is 1.91 bits per heavy atom. The van der Waals surface area contributed by atoms with E-state index in [1.165, 1.54) is 11.0 Å². The van der Waals surface area contributed by atoms with Crippen molar-refractivity contribution in [1.82, 2.24) is 24.5 Å². The zero-order valence-electron chi connectivity index (χ0n) is 19.2. The summed E-state index contributed by atoms with van der Waals surface area (Å²) in [6.07, 6.45) is 6.15. The molecule has 1 unspecified atom stereocenters. The molecule has 3 amide bonds. The molecular weight excluding hydrogens is 449 g/mol. The lowest BCUT2D eigenvalue weighted by atomic mass is 9.85. The number of halogens is 1. The van der Waals surface area contributed by atoms with E-state index in [0.29, 0.717) is 12.0 Å². The molecule has 3 aromatic rings. The zero-order chi connectivity index (χ0) is 24.1. The first-order valence-electron chi connectivity index (χ1n) is 12.1. The van der Waals surface area contributed by atoms with Crippen LogP contribution in [0.25, 0.3) is 5.65 Å². The molecule has 0 spiro atoms. The van der Waals surface area contributed by atoms with E-state index in [1.54, 1.807) is 6.07 Å². The van der Waals surface area contributed by atoms with Crippen molar-refractivity contribution in [1.29, 1.82) is 0 Å². The third-order valence-electron chi connectivity index (χ3n) is 7.56. The molecule has 5 heterocycles. The Labute approximate surface area is 201 Å². The summed E-state index contributed by atoms with van der Waals surface area (Å²) < 4.78 is 16.7. The topological polar surface area (TPSA) is 87.0 Å². The first-order chi connectivity index (χ1) is 17.0. The molecule has 35 heavy (non-hydrogen) atoms. The lowest BCUT2D eigenvalue weighted by Crippen LogP contribution is -2.52. The van der Waals surface area contributed by atoms with Crippen LogP contribution in [0.1, 0.15) is 58.8 Å². The number of rotatable bonds is 4. The number of carbonyl (C=O) groups excluding carboxylic acids is 3. The highest BCUT2D eigenvalue weighted by Gasteiger charge is 2.41. The number of amides is 3. The summed E-state index contributed by atoms with van der Waals surface area (Å²) >= 11 is 0. The van der Waals surface area contributed by atoms with E-state index in [4.69, 9.17) is 0 Å². The zero-order valence-corrected chi connectivity index (χ0v) is 19.2. The van der Waals surface area contributed by atoms with Crippen LogP contribution < -0.4 is 5.32 Å². The quantitative estimate of drug-likeness (QED) is 0.587. The highest BCUT2D eigenvalue weighted by atomic mass is 19.1. The van der Waals surface area contributed by atoms with Gasteiger partial charge in [-0.25, -0.2) is 9.37 Å². The first-order valence-corrected chi connectivity index (χ1v) is 12.1. The number of fused-ring (bicyclic) bond motifs is 2. The molecule has 3 aliphatic rings. The van der Waals surface area contributed by atoms with Crippen LogP contribution in [-0.2, 0) is 22.7 Å². The number of imidazole rings is 1. The number of imide groups is 1. The molecule has 2 aromatic heterocycles. The number of hydrogen-bond acceptors (Lipinski definition) is 5. The Balaban J connectivity index is 1.18. The van der Waals surface area contributed by atoms with Crippen LogP contribution >= 0.6 is 0 Å². The van der Waals surface area contributed by atoms with Gasteiger partial charge in [-0.1, -0.05) is 6.07 Å². The number of carbonyl (C=O) groups is 3. The standard InChI is InChI=1S/C26H26FN5O3/c27-17-11-19(21-15-32(26(35)20(21)12-17)22-4-5-24(33)29-25(22)34)16-6-9-30(10-7-16)14-18-13-28-23-3-1-2-8-31(18)23/h1-3,8,11-13,16,22H,4-7,9-10,14-15H2,(H,29,33,34). The number of piperidine rings is 2. The smallest absolute Gasteiger partial charge is 0.255 e. The molecule has 6 rings (SSSR count). The van der Waals surface area contributed by atoms with Gasteiger partial charge in [-0.15, -0.1) is 0 Å². The van der Waals surface area contributed by atoms with E-state index in [-0.39, 0.29) is 30.7 Å². The fourth-order valence-electron chi connectivity index (χ4n) is 5.75. The molecule has 2 fully saturated rings. The maximum absolute atomic E-state index is 14.6. The van der Waals surface area contributed by atoms with Crippen LogP contribution in [-0.4, -0.2) is 56.0 Å². The van der Waals surface area contributed by atoms with Gasteiger partial charge in [0.15, 0.2) is 0 Å². The highest BCUT2D eigenvalue weighted by molar-refractivity contribution is 6.05. The van der Waals surface area contributed by atoms with E-state index in [1.807, 2.05) is 30.6 Å². The largest absolute Gasteiger partial charge is 0.322 e. The third-order valence-corrected chi connectivity index (χ3v) is 7.56. The lowest BCUT2D eigenvalue weighted by Gasteiger charge is -2.33. The molecule has 1 aromatic carbocycles. The molecule has 1 N–H and O–H groups in total. The molecule has 1 atom stereocenters. The summed E-state index contributed by atoms with van der Waals surface area (Å²) in [6, 6.07) is 8.10. The SMILES string of the molecule is O=C1CCC(N2Cc3c(cc(F)cc3C3CCN(Cc4cnc5ccccn45)CC3)C2=O)C(=O)N1.